The van der Waals surface area contributed by atoms with E-state index in [0.29, 0.717) is 12.8 Å². The fourth-order valence-corrected chi connectivity index (χ4v) is 4.43. The van der Waals surface area contributed by atoms with Crippen LogP contribution in [-0.4, -0.2) is 114 Å². The van der Waals surface area contributed by atoms with Crippen molar-refractivity contribution in [3.05, 3.63) is 0 Å². The third-order valence-corrected chi connectivity index (χ3v) is 6.83. The molecule has 17 nitrogen and oxygen atoms in total. The van der Waals surface area contributed by atoms with Crippen molar-refractivity contribution in [3.63, 3.8) is 0 Å². The van der Waals surface area contributed by atoms with Gasteiger partial charge in [0.15, 0.2) is 0 Å². The summed E-state index contributed by atoms with van der Waals surface area (Å²) in [5, 5.41) is 24.2. The van der Waals surface area contributed by atoms with Crippen LogP contribution in [0.5, 0.6) is 0 Å². The molecule has 0 aliphatic carbocycles. The number of nitrogens with one attached hydrogen (secondary N) is 6. The van der Waals surface area contributed by atoms with Gasteiger partial charge in [0.2, 0.25) is 47.3 Å². The molecule has 8 amide bonds. The molecule has 0 aromatic rings. The summed E-state index contributed by atoms with van der Waals surface area (Å²) in [7, 11) is 0. The highest BCUT2D eigenvalue weighted by Crippen LogP contribution is 2.19. The topological polar surface area (TPSA) is 258 Å². The molecule has 1 aliphatic rings. The zero-order valence-electron chi connectivity index (χ0n) is 26.0. The second-order valence-corrected chi connectivity index (χ2v) is 11.3. The number of rotatable bonds is 16. The van der Waals surface area contributed by atoms with E-state index in [0.717, 1.165) is 0 Å². The SMILES string of the molecule is CC(=O)NCC(=O)N[C@@H](C)C(=O)N1CCC[C@H]1C(=O)N[C@H](C(=O)N[C@H](C(=O)N[C@@H](CO)C(=O)NCC(N)=O)C(C)C)C(C)C. The van der Waals surface area contributed by atoms with Gasteiger partial charge in [0.05, 0.1) is 19.7 Å². The van der Waals surface area contributed by atoms with Gasteiger partial charge in [0.25, 0.3) is 0 Å². The Labute approximate surface area is 256 Å². The van der Waals surface area contributed by atoms with Crippen LogP contribution in [0.15, 0.2) is 0 Å². The first-order valence-corrected chi connectivity index (χ1v) is 14.4. The van der Waals surface area contributed by atoms with E-state index in [4.69, 9.17) is 5.73 Å². The van der Waals surface area contributed by atoms with Crippen molar-refractivity contribution in [3.8, 4) is 0 Å². The third-order valence-electron chi connectivity index (χ3n) is 6.83. The molecule has 5 atom stereocenters. The van der Waals surface area contributed by atoms with Gasteiger partial charge in [0, 0.05) is 13.5 Å². The van der Waals surface area contributed by atoms with Crippen molar-refractivity contribution in [2.24, 2.45) is 17.6 Å². The number of nitrogens with two attached hydrogens (primary N) is 1. The van der Waals surface area contributed by atoms with Gasteiger partial charge in [0.1, 0.15) is 30.2 Å². The van der Waals surface area contributed by atoms with E-state index < -0.39 is 102 Å². The number of hydrogen-bond acceptors (Lipinski definition) is 9. The van der Waals surface area contributed by atoms with E-state index >= 15 is 0 Å². The Balaban J connectivity index is 2.94. The monoisotopic (exact) mass is 626 g/mol. The highest BCUT2D eigenvalue weighted by atomic mass is 16.3. The normalized spacial score (nSPS) is 17.1. The predicted octanol–water partition coefficient (Wildman–Crippen LogP) is -4.02. The lowest BCUT2D eigenvalue weighted by Gasteiger charge is -2.31. The van der Waals surface area contributed by atoms with Crippen LogP contribution in [0.2, 0.25) is 0 Å². The lowest BCUT2D eigenvalue weighted by atomic mass is 9.99. The summed E-state index contributed by atoms with van der Waals surface area (Å²) in [5.41, 5.74) is 5.00. The molecule has 1 aliphatic heterocycles. The molecule has 0 aromatic carbocycles. The van der Waals surface area contributed by atoms with E-state index in [9.17, 15) is 43.5 Å². The summed E-state index contributed by atoms with van der Waals surface area (Å²) in [5.74, 6) is -6.10. The smallest absolute Gasteiger partial charge is 0.245 e. The Morgan fingerprint density at radius 3 is 1.89 bits per heavy atom. The number of hydrogen-bond donors (Lipinski definition) is 8. The Kier molecular flexibility index (Phi) is 15.2. The van der Waals surface area contributed by atoms with Gasteiger partial charge in [-0.3, -0.25) is 38.4 Å². The van der Waals surface area contributed by atoms with Crippen LogP contribution in [0, 0.1) is 11.8 Å². The minimum atomic E-state index is -1.41. The molecule has 1 rings (SSSR count). The Morgan fingerprint density at radius 2 is 1.36 bits per heavy atom. The van der Waals surface area contributed by atoms with Crippen molar-refractivity contribution >= 4 is 47.3 Å². The van der Waals surface area contributed by atoms with E-state index in [-0.39, 0.29) is 13.1 Å². The molecule has 0 unspecified atom stereocenters. The molecular weight excluding hydrogens is 580 g/mol. The second-order valence-electron chi connectivity index (χ2n) is 11.3. The van der Waals surface area contributed by atoms with Crippen molar-refractivity contribution in [2.75, 3.05) is 26.2 Å². The number of carbonyl (C=O) groups excluding carboxylic acids is 8. The van der Waals surface area contributed by atoms with Gasteiger partial charge >= 0.3 is 0 Å². The number of aliphatic hydroxyl groups excluding tert-OH is 1. The average Bonchev–Trinajstić information content (AvgIpc) is 3.43. The van der Waals surface area contributed by atoms with Crippen LogP contribution >= 0.6 is 0 Å². The van der Waals surface area contributed by atoms with Crippen molar-refractivity contribution in [2.45, 2.75) is 84.6 Å². The fraction of sp³-hybridized carbons (Fsp3) is 0.704. The highest BCUT2D eigenvalue weighted by Gasteiger charge is 2.39. The molecule has 0 radical (unpaired) electrons. The fourth-order valence-electron chi connectivity index (χ4n) is 4.43. The van der Waals surface area contributed by atoms with Gasteiger partial charge in [-0.15, -0.1) is 0 Å². The van der Waals surface area contributed by atoms with Crippen LogP contribution in [0.25, 0.3) is 0 Å². The van der Waals surface area contributed by atoms with Gasteiger partial charge in [-0.05, 0) is 31.6 Å². The van der Waals surface area contributed by atoms with Crippen LogP contribution in [0.3, 0.4) is 0 Å². The molecule has 17 heteroatoms. The lowest BCUT2D eigenvalue weighted by Crippen LogP contribution is -2.61. The largest absolute Gasteiger partial charge is 0.394 e. The summed E-state index contributed by atoms with van der Waals surface area (Å²) >= 11 is 0. The van der Waals surface area contributed by atoms with Crippen molar-refractivity contribution in [1.82, 2.24) is 36.8 Å². The number of carbonyl (C=O) groups is 8. The minimum Gasteiger partial charge on any atom is -0.394 e. The molecule has 0 bridgehead atoms. The molecule has 9 N–H and O–H groups in total. The zero-order valence-corrected chi connectivity index (χ0v) is 26.0. The van der Waals surface area contributed by atoms with Gasteiger partial charge in [-0.1, -0.05) is 27.7 Å². The zero-order chi connectivity index (χ0) is 33.7. The van der Waals surface area contributed by atoms with E-state index in [1.807, 2.05) is 0 Å². The van der Waals surface area contributed by atoms with E-state index in [1.165, 1.54) is 18.7 Å². The Hall–Kier alpha value is -4.28. The lowest BCUT2D eigenvalue weighted by molar-refractivity contribution is -0.142. The molecule has 44 heavy (non-hydrogen) atoms. The maximum Gasteiger partial charge on any atom is 0.245 e. The van der Waals surface area contributed by atoms with Gasteiger partial charge in [-0.25, -0.2) is 0 Å². The molecule has 1 fully saturated rings. The molecule has 1 saturated heterocycles. The minimum absolute atomic E-state index is 0.260. The quantitative estimate of drug-likeness (QED) is 0.0829. The Bertz CT molecular complexity index is 1100. The number of primary amides is 1. The molecule has 1 heterocycles. The van der Waals surface area contributed by atoms with E-state index in [1.54, 1.807) is 27.7 Å². The van der Waals surface area contributed by atoms with Crippen molar-refractivity contribution < 1.29 is 43.5 Å². The second kappa shape index (κ2) is 17.7. The summed E-state index contributed by atoms with van der Waals surface area (Å²) in [6, 6.07) is -5.55. The third kappa shape index (κ3) is 11.8. The summed E-state index contributed by atoms with van der Waals surface area (Å²) in [6.07, 6.45) is 0.845. The summed E-state index contributed by atoms with van der Waals surface area (Å²) < 4.78 is 0. The molecule has 0 saturated carbocycles. The first kappa shape index (κ1) is 37.7. The number of aliphatic hydroxyl groups is 1. The molecule has 0 spiro atoms. The van der Waals surface area contributed by atoms with Gasteiger partial charge < -0.3 is 47.6 Å². The summed E-state index contributed by atoms with van der Waals surface area (Å²) in [6.45, 7) is 8.05. The van der Waals surface area contributed by atoms with Gasteiger partial charge in [-0.2, -0.15) is 0 Å². The first-order valence-electron chi connectivity index (χ1n) is 14.4. The highest BCUT2D eigenvalue weighted by molar-refractivity contribution is 5.97. The Morgan fingerprint density at radius 1 is 0.795 bits per heavy atom. The number of nitrogens with zero attached hydrogens (tertiary/aromatic N) is 1. The number of likely N-dealkylation sites (tertiary alicyclic amines) is 1. The number of amides is 8. The maximum atomic E-state index is 13.3. The van der Waals surface area contributed by atoms with Crippen LogP contribution in [0.4, 0.5) is 0 Å². The molecular formula is C27H46N8O9. The summed E-state index contributed by atoms with van der Waals surface area (Å²) in [4.78, 5) is 100. The van der Waals surface area contributed by atoms with Crippen LogP contribution in [-0.2, 0) is 38.4 Å². The maximum absolute atomic E-state index is 13.3. The molecule has 0 aromatic heterocycles. The standard InChI is InChI=1S/C27H46N8O9/c1-13(2)21(25(42)32-17(12-36)23(40)30-10-19(28)38)34-26(43)22(14(3)4)33-24(41)18-8-7-9-35(18)27(44)15(5)31-20(39)11-29-16(6)37/h13-15,17-18,21-22,36H,7-12H2,1-6H3,(H2,28,38)(H,29,37)(H,30,40)(H,31,39)(H,32,42)(H,33,41)(H,34,43)/t15-,17-,18-,21-,22-/m0/s1. The van der Waals surface area contributed by atoms with Crippen LogP contribution in [0.1, 0.15) is 54.4 Å². The van der Waals surface area contributed by atoms with Crippen LogP contribution < -0.4 is 37.6 Å². The molecule has 248 valence electrons. The van der Waals surface area contributed by atoms with Crippen molar-refractivity contribution in [1.29, 1.82) is 0 Å². The predicted molar refractivity (Wildman–Crippen MR) is 156 cm³/mol. The van der Waals surface area contributed by atoms with E-state index in [2.05, 4.69) is 31.9 Å². The average molecular weight is 627 g/mol. The first-order chi connectivity index (χ1) is 20.5.